The first kappa shape index (κ1) is 58.1. The van der Waals surface area contributed by atoms with Crippen molar-refractivity contribution in [2.75, 3.05) is 0 Å². The third-order valence-corrected chi connectivity index (χ3v) is 21.2. The van der Waals surface area contributed by atoms with Gasteiger partial charge in [-0.25, -0.2) is 0 Å². The fourth-order valence-corrected chi connectivity index (χ4v) is 17.2. The monoisotopic (exact) mass is 1180 g/mol. The summed E-state index contributed by atoms with van der Waals surface area (Å²) in [5, 5.41) is 2.79. The second kappa shape index (κ2) is 24.5. The normalized spacial score (nSPS) is 23.4. The van der Waals surface area contributed by atoms with Crippen molar-refractivity contribution in [1.82, 2.24) is 0 Å². The molecule has 5 atom stereocenters. The molecule has 0 saturated carbocycles. The molecule has 0 aliphatic heterocycles. The van der Waals surface area contributed by atoms with Gasteiger partial charge in [-0.2, -0.15) is 0 Å². The predicted octanol–water partition coefficient (Wildman–Crippen LogP) is 23.9. The maximum Gasteiger partial charge on any atom is 0.0186 e. The summed E-state index contributed by atoms with van der Waals surface area (Å²) in [5.41, 5.74) is 35.5. The number of allylic oxidation sites excluding steroid dienone is 28. The van der Waals surface area contributed by atoms with Crippen LogP contribution in [0.15, 0.2) is 325 Å². The minimum absolute atomic E-state index is 0.0690. The second-order valence-electron chi connectivity index (χ2n) is 26.0. The molecule has 0 heteroatoms. The molecule has 8 aromatic carbocycles. The number of rotatable bonds is 11. The molecule has 0 aromatic heterocycles. The molecule has 0 bridgehead atoms. The van der Waals surface area contributed by atoms with E-state index in [4.69, 9.17) is 0 Å². The lowest BCUT2D eigenvalue weighted by Gasteiger charge is -2.39. The summed E-state index contributed by atoms with van der Waals surface area (Å²) in [4.78, 5) is 0. The van der Waals surface area contributed by atoms with Crippen molar-refractivity contribution < 1.29 is 0 Å². The third kappa shape index (κ3) is 9.60. The van der Waals surface area contributed by atoms with E-state index in [9.17, 15) is 0 Å². The van der Waals surface area contributed by atoms with Crippen LogP contribution in [-0.2, 0) is 6.42 Å². The Balaban J connectivity index is 0.00000348. The van der Waals surface area contributed by atoms with E-state index in [1.807, 2.05) is 6.08 Å². The van der Waals surface area contributed by atoms with Gasteiger partial charge in [0.25, 0.3) is 0 Å². The highest BCUT2D eigenvalue weighted by molar-refractivity contribution is 6.23. The minimum atomic E-state index is -0.293. The summed E-state index contributed by atoms with van der Waals surface area (Å²) < 4.78 is 0. The van der Waals surface area contributed by atoms with Crippen LogP contribution in [-0.4, -0.2) is 0 Å². The van der Waals surface area contributed by atoms with E-state index >= 15 is 0 Å². The lowest BCUT2D eigenvalue weighted by Crippen LogP contribution is -2.25. The minimum Gasteiger partial charge on any atom is -0.124 e. The Bertz CT molecular complexity index is 4810. The van der Waals surface area contributed by atoms with Gasteiger partial charge < -0.3 is 0 Å². The van der Waals surface area contributed by atoms with E-state index < -0.39 is 0 Å². The van der Waals surface area contributed by atoms with Crippen molar-refractivity contribution in [3.8, 4) is 46.2 Å². The van der Waals surface area contributed by atoms with Gasteiger partial charge in [0.05, 0.1) is 0 Å². The molecule has 0 nitrogen and oxygen atoms in total. The number of hydrogen-bond donors (Lipinski definition) is 0. The fourth-order valence-electron chi connectivity index (χ4n) is 17.2. The van der Waals surface area contributed by atoms with Crippen LogP contribution in [0.2, 0.25) is 0 Å². The highest BCUT2D eigenvalue weighted by Gasteiger charge is 2.48. The average molecular weight is 1180 g/mol. The van der Waals surface area contributed by atoms with Crippen LogP contribution < -0.4 is 0 Å². The molecular weight excluding hydrogens is 1110 g/mol. The molecule has 0 N–H and O–H groups in total. The summed E-state index contributed by atoms with van der Waals surface area (Å²) in [6, 6.07) is 66.8. The summed E-state index contributed by atoms with van der Waals surface area (Å²) in [6.45, 7) is 11.5. The quantitative estimate of drug-likeness (QED) is 0.0894. The fraction of sp³-hybridized carbons (Fsp3) is 0.152. The first-order chi connectivity index (χ1) is 45.4. The zero-order valence-electron chi connectivity index (χ0n) is 53.0. The van der Waals surface area contributed by atoms with Gasteiger partial charge in [-0.3, -0.25) is 0 Å². The smallest absolute Gasteiger partial charge is 0.0186 e. The molecule has 0 spiro atoms. The number of aryl methyl sites for hydroxylation is 1. The second-order valence-corrected chi connectivity index (χ2v) is 26.0. The molecule has 5 unspecified atom stereocenters. The molecule has 0 amide bonds. The molecule has 0 heterocycles. The molecule has 0 fully saturated rings. The Kier molecular flexibility index (Phi) is 15.4. The van der Waals surface area contributed by atoms with Gasteiger partial charge in [-0.15, -0.1) is 12.8 Å². The van der Waals surface area contributed by atoms with Crippen molar-refractivity contribution in [2.24, 2.45) is 17.3 Å². The third-order valence-electron chi connectivity index (χ3n) is 21.2. The Morgan fingerprint density at radius 1 is 0.630 bits per heavy atom. The van der Waals surface area contributed by atoms with E-state index in [0.717, 1.165) is 38.5 Å². The first-order valence-electron chi connectivity index (χ1n) is 33.2. The molecule has 92 heavy (non-hydrogen) atoms. The van der Waals surface area contributed by atoms with Crippen molar-refractivity contribution in [3.05, 3.63) is 375 Å². The average Bonchev–Trinajstić information content (AvgIpc) is 1.53. The van der Waals surface area contributed by atoms with Crippen LogP contribution >= 0.6 is 0 Å². The SMILES string of the molecule is C#C.C=C/C=C\C=C(\c1c2c(c(-c3ccccc3)c3c1-c1ccc(C)c4c(C5C(c6ccccc6)=CC6=C7C(=CCCC75)/C5=C(\c7ccccc7)C/C=C\C=C/C/C(C7(C)CC=CC=C7c7ccccc7)=C/65)ccc-3c14)C=C1C=CC=CC1C2)C(C)c1ccccc1. The van der Waals surface area contributed by atoms with Gasteiger partial charge >= 0.3 is 0 Å². The van der Waals surface area contributed by atoms with Gasteiger partial charge in [-0.1, -0.05) is 300 Å². The Morgan fingerprint density at radius 2 is 1.29 bits per heavy atom. The molecular formula is C92H76. The molecule has 0 radical (unpaired) electrons. The topological polar surface area (TPSA) is 0 Å². The van der Waals surface area contributed by atoms with Gasteiger partial charge in [0.15, 0.2) is 0 Å². The highest BCUT2D eigenvalue weighted by atomic mass is 14.5. The van der Waals surface area contributed by atoms with Gasteiger partial charge in [-0.05, 0) is 213 Å². The van der Waals surface area contributed by atoms with Crippen molar-refractivity contribution in [1.29, 1.82) is 0 Å². The van der Waals surface area contributed by atoms with Crippen LogP contribution in [0.3, 0.4) is 0 Å². The van der Waals surface area contributed by atoms with E-state index in [-0.39, 0.29) is 29.1 Å². The summed E-state index contributed by atoms with van der Waals surface area (Å²) in [7, 11) is 0. The van der Waals surface area contributed by atoms with Gasteiger partial charge in [0, 0.05) is 23.2 Å². The van der Waals surface area contributed by atoms with Crippen LogP contribution in [0.4, 0.5) is 0 Å². The number of hydrogen-bond acceptors (Lipinski definition) is 0. The maximum absolute atomic E-state index is 4.15. The molecule has 16 rings (SSSR count). The van der Waals surface area contributed by atoms with Crippen molar-refractivity contribution in [2.45, 2.75) is 71.1 Å². The highest BCUT2D eigenvalue weighted by Crippen LogP contribution is 2.66. The maximum atomic E-state index is 4.15. The number of terminal acetylenes is 1. The van der Waals surface area contributed by atoms with Crippen LogP contribution in [0.1, 0.15) is 108 Å². The summed E-state index contributed by atoms with van der Waals surface area (Å²) >= 11 is 0. The number of benzene rings is 8. The first-order valence-corrected chi connectivity index (χ1v) is 33.2. The van der Waals surface area contributed by atoms with Crippen molar-refractivity contribution >= 4 is 39.1 Å². The zero-order valence-corrected chi connectivity index (χ0v) is 53.0. The predicted molar refractivity (Wildman–Crippen MR) is 393 cm³/mol. The van der Waals surface area contributed by atoms with E-state index in [2.05, 4.69) is 319 Å². The van der Waals surface area contributed by atoms with E-state index in [1.165, 1.54) is 156 Å². The Morgan fingerprint density at radius 3 is 2.02 bits per heavy atom. The standard InChI is InChI=1S/C90H74.C2H2/c1-5-6-14-44-67(59(3)60-32-15-9-16-33-60)84-76-56-66-43-28-27-42-65(66)55-75(76)81(64-40-23-13-24-41-64)88-73-53-52-71(80-58(2)50-51-72(86(73)80)89(84)88)82-69-46-31-47-70-83(69)77(57-74(82)62-36-19-11-20-37-62)87-79(90(4)54-30-29-48-78(90)63-38-21-12-22-39-63)49-26-8-7-25-45-68(85(70)87)61-34-17-10-18-35-61;1-2/h5-30,32-44,47-48,50-53,55,57,59,66,69,82H,1,31,45-46,49,54,56H2,2-4H3;1-2H/b14-6-,25-7-,26-8-,67-44+,85-68+,87-79+;. The molecule has 8 aromatic rings. The largest absolute Gasteiger partial charge is 0.124 e. The van der Waals surface area contributed by atoms with Crippen LogP contribution in [0.25, 0.3) is 72.5 Å². The van der Waals surface area contributed by atoms with Crippen LogP contribution in [0, 0.1) is 37.0 Å². The summed E-state index contributed by atoms with van der Waals surface area (Å²) in [5.74, 6) is 0.654. The number of fused-ring (bicyclic) bond motifs is 8. The van der Waals surface area contributed by atoms with E-state index in [0.29, 0.717) is 0 Å². The Hall–Kier alpha value is -10.3. The Labute approximate surface area is 545 Å². The zero-order chi connectivity index (χ0) is 62.5. The molecule has 0 saturated heterocycles. The van der Waals surface area contributed by atoms with Gasteiger partial charge in [0.2, 0.25) is 0 Å². The van der Waals surface area contributed by atoms with Gasteiger partial charge in [0.1, 0.15) is 0 Å². The van der Waals surface area contributed by atoms with Crippen molar-refractivity contribution in [3.63, 3.8) is 0 Å². The van der Waals surface area contributed by atoms with E-state index in [1.54, 1.807) is 0 Å². The molecule has 444 valence electrons. The molecule has 8 aliphatic rings. The summed E-state index contributed by atoms with van der Waals surface area (Å²) in [6.07, 6.45) is 56.0. The molecule has 8 aliphatic carbocycles. The lowest BCUT2D eigenvalue weighted by atomic mass is 9.64. The lowest BCUT2D eigenvalue weighted by molar-refractivity contribution is 0.511. The van der Waals surface area contributed by atoms with Crippen LogP contribution in [0.5, 0.6) is 0 Å².